The second kappa shape index (κ2) is 6.15. The van der Waals surface area contributed by atoms with E-state index in [0.717, 1.165) is 11.3 Å². The van der Waals surface area contributed by atoms with Crippen molar-refractivity contribution in [2.75, 3.05) is 6.61 Å². The van der Waals surface area contributed by atoms with Gasteiger partial charge < -0.3 is 10.4 Å². The van der Waals surface area contributed by atoms with E-state index in [1.54, 1.807) is 6.07 Å². The molecule has 3 nitrogen and oxygen atoms in total. The van der Waals surface area contributed by atoms with Crippen molar-refractivity contribution >= 4 is 29.9 Å². The van der Waals surface area contributed by atoms with Gasteiger partial charge in [0.05, 0.1) is 4.88 Å². The Labute approximate surface area is 98.9 Å². The topological polar surface area (TPSA) is 49.3 Å². The third-order valence-electron chi connectivity index (χ3n) is 1.98. The van der Waals surface area contributed by atoms with Crippen molar-refractivity contribution in [3.63, 3.8) is 0 Å². The fraction of sp³-hybridized carbons (Fsp3) is 0.500. The Kier molecular flexibility index (Phi) is 5.14. The maximum absolute atomic E-state index is 11.6. The normalized spacial score (nSPS) is 12.5. The molecule has 0 aliphatic carbocycles. The molecule has 0 radical (unpaired) electrons. The molecule has 1 aromatic heterocycles. The maximum atomic E-state index is 11.6. The van der Waals surface area contributed by atoms with Crippen LogP contribution in [0.2, 0.25) is 0 Å². The lowest BCUT2D eigenvalue weighted by atomic mass is 10.2. The number of thiol groups is 1. The molecule has 1 atom stereocenters. The van der Waals surface area contributed by atoms with Crippen LogP contribution in [0.1, 0.15) is 29.4 Å². The summed E-state index contributed by atoms with van der Waals surface area (Å²) in [7, 11) is 0. The van der Waals surface area contributed by atoms with Gasteiger partial charge in [-0.05, 0) is 25.8 Å². The number of carbonyl (C=O) groups excluding carboxylic acids is 1. The van der Waals surface area contributed by atoms with E-state index in [9.17, 15) is 4.79 Å². The average molecular weight is 245 g/mol. The van der Waals surface area contributed by atoms with Gasteiger partial charge in [0.2, 0.25) is 0 Å². The molecule has 84 valence electrons. The lowest BCUT2D eigenvalue weighted by Gasteiger charge is -2.11. The van der Waals surface area contributed by atoms with Crippen LogP contribution in [0.4, 0.5) is 0 Å². The molecular formula is C10H15NO2S2. The van der Waals surface area contributed by atoms with E-state index in [2.05, 4.69) is 17.9 Å². The molecule has 5 heteroatoms. The molecule has 1 rings (SSSR count). The molecule has 0 aromatic carbocycles. The Bertz CT molecular complexity index is 325. The quantitative estimate of drug-likeness (QED) is 0.694. The van der Waals surface area contributed by atoms with E-state index in [-0.39, 0.29) is 18.6 Å². The van der Waals surface area contributed by atoms with Gasteiger partial charge in [-0.1, -0.05) is 0 Å². The summed E-state index contributed by atoms with van der Waals surface area (Å²) in [4.78, 5) is 13.1. The van der Waals surface area contributed by atoms with Gasteiger partial charge in [-0.15, -0.1) is 24.0 Å². The van der Waals surface area contributed by atoms with Gasteiger partial charge in [-0.2, -0.15) is 0 Å². The third kappa shape index (κ3) is 4.24. The second-order valence-electron chi connectivity index (χ2n) is 3.41. The number of hydrogen-bond donors (Lipinski definition) is 3. The molecule has 0 spiro atoms. The smallest absolute Gasteiger partial charge is 0.261 e. The SMILES string of the molecule is CC(CCCO)NC(=O)c1cc(S)cs1. The number of aliphatic hydroxyl groups excluding tert-OH is 1. The molecule has 0 bridgehead atoms. The van der Waals surface area contributed by atoms with E-state index in [0.29, 0.717) is 11.3 Å². The van der Waals surface area contributed by atoms with Crippen molar-refractivity contribution < 1.29 is 9.90 Å². The first kappa shape index (κ1) is 12.5. The number of nitrogens with one attached hydrogen (secondary N) is 1. The summed E-state index contributed by atoms with van der Waals surface area (Å²) in [5.74, 6) is -0.0641. The highest BCUT2D eigenvalue weighted by atomic mass is 32.1. The minimum atomic E-state index is -0.0641. The lowest BCUT2D eigenvalue weighted by Crippen LogP contribution is -2.32. The number of carbonyl (C=O) groups is 1. The standard InChI is InChI=1S/C10H15NO2S2/c1-7(3-2-4-12)11-10(13)9-5-8(14)6-15-9/h5-7,12,14H,2-4H2,1H3,(H,11,13). The van der Waals surface area contributed by atoms with Crippen LogP contribution in [-0.2, 0) is 0 Å². The molecule has 1 aromatic rings. The first-order valence-electron chi connectivity index (χ1n) is 4.82. The highest BCUT2D eigenvalue weighted by Crippen LogP contribution is 2.17. The lowest BCUT2D eigenvalue weighted by molar-refractivity contribution is 0.0940. The Morgan fingerprint density at radius 3 is 3.00 bits per heavy atom. The molecule has 0 aliphatic rings. The largest absolute Gasteiger partial charge is 0.396 e. The van der Waals surface area contributed by atoms with Crippen LogP contribution in [0.25, 0.3) is 0 Å². The number of amides is 1. The molecule has 0 saturated carbocycles. The van der Waals surface area contributed by atoms with Crippen LogP contribution in [-0.4, -0.2) is 23.7 Å². The van der Waals surface area contributed by atoms with Crippen molar-refractivity contribution in [1.29, 1.82) is 0 Å². The summed E-state index contributed by atoms with van der Waals surface area (Å²) < 4.78 is 0. The van der Waals surface area contributed by atoms with Gasteiger partial charge in [0.1, 0.15) is 0 Å². The fourth-order valence-corrected chi connectivity index (χ4v) is 2.26. The first-order chi connectivity index (χ1) is 7.13. The van der Waals surface area contributed by atoms with Crippen LogP contribution in [0.5, 0.6) is 0 Å². The highest BCUT2D eigenvalue weighted by molar-refractivity contribution is 7.80. The average Bonchev–Trinajstić information content (AvgIpc) is 2.61. The fourth-order valence-electron chi connectivity index (χ4n) is 1.21. The van der Waals surface area contributed by atoms with Crippen LogP contribution >= 0.6 is 24.0 Å². The monoisotopic (exact) mass is 245 g/mol. The van der Waals surface area contributed by atoms with Crippen LogP contribution in [0.15, 0.2) is 16.3 Å². The Morgan fingerprint density at radius 2 is 2.47 bits per heavy atom. The van der Waals surface area contributed by atoms with Crippen LogP contribution in [0.3, 0.4) is 0 Å². The Morgan fingerprint density at radius 1 is 1.73 bits per heavy atom. The van der Waals surface area contributed by atoms with Gasteiger partial charge in [0.15, 0.2) is 0 Å². The minimum Gasteiger partial charge on any atom is -0.396 e. The Hall–Kier alpha value is -0.520. The highest BCUT2D eigenvalue weighted by Gasteiger charge is 2.10. The second-order valence-corrected chi connectivity index (χ2v) is 4.84. The number of aliphatic hydroxyl groups is 1. The van der Waals surface area contributed by atoms with Gasteiger partial charge in [0.25, 0.3) is 5.91 Å². The molecule has 1 unspecified atom stereocenters. The zero-order chi connectivity index (χ0) is 11.3. The van der Waals surface area contributed by atoms with Crippen LogP contribution in [0, 0.1) is 0 Å². The summed E-state index contributed by atoms with van der Waals surface area (Å²) in [5, 5.41) is 13.3. The molecule has 1 heterocycles. The van der Waals surface area contributed by atoms with Crippen molar-refractivity contribution in [2.45, 2.75) is 30.7 Å². The van der Waals surface area contributed by atoms with E-state index in [1.807, 2.05) is 12.3 Å². The van der Waals surface area contributed by atoms with Crippen molar-refractivity contribution in [1.82, 2.24) is 5.32 Å². The Balaban J connectivity index is 2.42. The van der Waals surface area contributed by atoms with Gasteiger partial charge in [-0.3, -0.25) is 4.79 Å². The predicted octanol–water partition coefficient (Wildman–Crippen LogP) is 1.93. The summed E-state index contributed by atoms with van der Waals surface area (Å²) in [5.41, 5.74) is 0. The minimum absolute atomic E-state index is 0.0641. The molecule has 0 saturated heterocycles. The van der Waals surface area contributed by atoms with Crippen LogP contribution < -0.4 is 5.32 Å². The summed E-state index contributed by atoms with van der Waals surface area (Å²) >= 11 is 5.53. The molecule has 1 amide bonds. The number of hydrogen-bond acceptors (Lipinski definition) is 4. The molecule has 0 fully saturated rings. The van der Waals surface area contributed by atoms with E-state index < -0.39 is 0 Å². The van der Waals surface area contributed by atoms with Gasteiger partial charge in [0, 0.05) is 22.9 Å². The molecule has 15 heavy (non-hydrogen) atoms. The van der Waals surface area contributed by atoms with Gasteiger partial charge >= 0.3 is 0 Å². The van der Waals surface area contributed by atoms with Crippen molar-refractivity contribution in [2.24, 2.45) is 0 Å². The summed E-state index contributed by atoms with van der Waals surface area (Å²) in [6.45, 7) is 2.10. The maximum Gasteiger partial charge on any atom is 0.261 e. The van der Waals surface area contributed by atoms with E-state index in [1.165, 1.54) is 11.3 Å². The summed E-state index contributed by atoms with van der Waals surface area (Å²) in [6, 6.07) is 1.84. The predicted molar refractivity (Wildman–Crippen MR) is 64.8 cm³/mol. The van der Waals surface area contributed by atoms with Gasteiger partial charge in [-0.25, -0.2) is 0 Å². The van der Waals surface area contributed by atoms with E-state index in [4.69, 9.17) is 5.11 Å². The summed E-state index contributed by atoms with van der Waals surface area (Å²) in [6.07, 6.45) is 1.51. The molecule has 0 aliphatic heterocycles. The molecule has 2 N–H and O–H groups in total. The van der Waals surface area contributed by atoms with E-state index >= 15 is 0 Å². The number of rotatable bonds is 5. The van der Waals surface area contributed by atoms with Crippen molar-refractivity contribution in [3.8, 4) is 0 Å². The first-order valence-corrected chi connectivity index (χ1v) is 6.15. The number of thiophene rings is 1. The zero-order valence-corrected chi connectivity index (χ0v) is 10.3. The third-order valence-corrected chi connectivity index (χ3v) is 3.34. The zero-order valence-electron chi connectivity index (χ0n) is 8.56. The van der Waals surface area contributed by atoms with Crippen molar-refractivity contribution in [3.05, 3.63) is 16.3 Å². The molecular weight excluding hydrogens is 230 g/mol.